The number of tetrazole rings is 1. The largest absolute Gasteiger partial charge is 0.493 e. The molecule has 0 fully saturated rings. The highest BCUT2D eigenvalue weighted by Crippen LogP contribution is 2.46. The Morgan fingerprint density at radius 2 is 1.85 bits per heavy atom. The predicted octanol–water partition coefficient (Wildman–Crippen LogP) is 1.30. The van der Waals surface area contributed by atoms with Crippen molar-refractivity contribution in [3.8, 4) is 17.2 Å². The number of hydrogen-bond donors (Lipinski definition) is 2. The lowest BCUT2D eigenvalue weighted by Crippen LogP contribution is -2.33. The number of carboxylic acids is 1. The number of benzene rings is 2. The first kappa shape index (κ1) is 22.5. The van der Waals surface area contributed by atoms with Gasteiger partial charge < -0.3 is 14.6 Å². The maximum absolute atomic E-state index is 13.5. The van der Waals surface area contributed by atoms with E-state index in [1.807, 2.05) is 0 Å². The van der Waals surface area contributed by atoms with Crippen molar-refractivity contribution in [2.24, 2.45) is 0 Å². The number of carbonyl (C=O) groups excluding carboxylic acids is 1. The fourth-order valence-electron chi connectivity index (χ4n) is 3.31. The molecule has 2 aromatic carbocycles. The molecule has 3 aromatic rings. The monoisotopic (exact) mass is 491 g/mol. The number of hydrogen-bond acceptors (Lipinski definition) is 10. The van der Waals surface area contributed by atoms with Gasteiger partial charge >= 0.3 is 5.97 Å². The number of aliphatic carboxylic acids is 1. The standard InChI is InChI=1S/C19H17N5O7S2/c1-2-30-12-8-9-13(31-10-14(25)26)16-15(12)18(27)24(33(16,28)29)19(32)17-20-21-22-23(17)11-6-4-3-5-7-11/h3-9,19,32H,2,10H2,1H3,(H,25,26). The lowest BCUT2D eigenvalue weighted by atomic mass is 10.1. The van der Waals surface area contributed by atoms with E-state index < -0.39 is 38.8 Å². The molecule has 1 aliphatic heterocycles. The van der Waals surface area contributed by atoms with Gasteiger partial charge in [-0.3, -0.25) is 4.79 Å². The van der Waals surface area contributed by atoms with Crippen molar-refractivity contribution in [2.75, 3.05) is 13.2 Å². The van der Waals surface area contributed by atoms with Crippen LogP contribution in [-0.4, -0.2) is 63.1 Å². The second kappa shape index (κ2) is 8.71. The molecule has 1 aromatic heterocycles. The Morgan fingerprint density at radius 3 is 2.52 bits per heavy atom. The molecule has 2 heterocycles. The highest BCUT2D eigenvalue weighted by atomic mass is 32.2. The lowest BCUT2D eigenvalue weighted by Gasteiger charge is -2.21. The Hall–Kier alpha value is -3.65. The van der Waals surface area contributed by atoms with Gasteiger partial charge in [0.15, 0.2) is 17.8 Å². The topological polar surface area (TPSA) is 154 Å². The first-order valence-electron chi connectivity index (χ1n) is 9.52. The number of ether oxygens (including phenoxy) is 2. The molecule has 1 atom stereocenters. The van der Waals surface area contributed by atoms with Crippen molar-refractivity contribution in [1.29, 1.82) is 0 Å². The summed E-state index contributed by atoms with van der Waals surface area (Å²) in [5.74, 6) is -2.56. The van der Waals surface area contributed by atoms with Gasteiger partial charge in [0.1, 0.15) is 22.0 Å². The van der Waals surface area contributed by atoms with E-state index in [1.165, 1.54) is 16.8 Å². The number of carboxylic acid groups (broad SMARTS) is 1. The number of thiol groups is 1. The predicted molar refractivity (Wildman–Crippen MR) is 115 cm³/mol. The second-order valence-electron chi connectivity index (χ2n) is 6.65. The Bertz CT molecular complexity index is 1330. The maximum atomic E-state index is 13.5. The number of fused-ring (bicyclic) bond motifs is 1. The van der Waals surface area contributed by atoms with Crippen LogP contribution in [-0.2, 0) is 14.8 Å². The van der Waals surface area contributed by atoms with Crippen molar-refractivity contribution >= 4 is 34.5 Å². The summed E-state index contributed by atoms with van der Waals surface area (Å²) in [6.45, 7) is 1.02. The smallest absolute Gasteiger partial charge is 0.341 e. The van der Waals surface area contributed by atoms with Crippen LogP contribution in [0.3, 0.4) is 0 Å². The summed E-state index contributed by atoms with van der Waals surface area (Å²) in [6, 6.07) is 11.2. The van der Waals surface area contributed by atoms with Gasteiger partial charge in [0.05, 0.1) is 12.3 Å². The van der Waals surface area contributed by atoms with Crippen LogP contribution in [0.1, 0.15) is 28.5 Å². The number of rotatable bonds is 8. The van der Waals surface area contributed by atoms with Gasteiger partial charge in [-0.1, -0.05) is 18.2 Å². The Kier molecular flexibility index (Phi) is 5.95. The minimum atomic E-state index is -4.54. The molecule has 0 saturated heterocycles. The van der Waals surface area contributed by atoms with Gasteiger partial charge in [0.25, 0.3) is 15.9 Å². The zero-order valence-corrected chi connectivity index (χ0v) is 18.7. The van der Waals surface area contributed by atoms with Gasteiger partial charge in [-0.25, -0.2) is 17.5 Å². The van der Waals surface area contributed by atoms with Gasteiger partial charge in [0, 0.05) is 0 Å². The van der Waals surface area contributed by atoms with Crippen molar-refractivity contribution in [1.82, 2.24) is 24.5 Å². The highest BCUT2D eigenvalue weighted by molar-refractivity contribution is 7.91. The molecule has 1 amide bonds. The van der Waals surface area contributed by atoms with Crippen LogP contribution in [0.5, 0.6) is 11.5 Å². The highest BCUT2D eigenvalue weighted by Gasteiger charge is 2.50. The molecule has 1 unspecified atom stereocenters. The van der Waals surface area contributed by atoms with Crippen molar-refractivity contribution in [3.05, 3.63) is 53.9 Å². The van der Waals surface area contributed by atoms with E-state index in [0.717, 1.165) is 0 Å². The third-order valence-electron chi connectivity index (χ3n) is 4.61. The molecule has 1 N–H and O–H groups in total. The van der Waals surface area contributed by atoms with Gasteiger partial charge in [-0.05, 0) is 41.6 Å². The first-order chi connectivity index (χ1) is 15.8. The minimum absolute atomic E-state index is 0.00874. The SMILES string of the molecule is CCOc1ccc(OCC(=O)O)c2c1C(=O)N(C(S)c1nnnn1-c1ccccc1)S2(=O)=O. The van der Waals surface area contributed by atoms with E-state index in [1.54, 1.807) is 37.3 Å². The van der Waals surface area contributed by atoms with E-state index in [2.05, 4.69) is 28.2 Å². The van der Waals surface area contributed by atoms with Crippen LogP contribution in [0.4, 0.5) is 0 Å². The lowest BCUT2D eigenvalue weighted by molar-refractivity contribution is -0.139. The van der Waals surface area contributed by atoms with Gasteiger partial charge in [0.2, 0.25) is 0 Å². The van der Waals surface area contributed by atoms with E-state index in [4.69, 9.17) is 14.6 Å². The summed E-state index contributed by atoms with van der Waals surface area (Å²) in [5, 5.41) is 18.9. The number of carbonyl (C=O) groups is 2. The zero-order valence-electron chi connectivity index (χ0n) is 17.0. The summed E-state index contributed by atoms with van der Waals surface area (Å²) in [4.78, 5) is 23.8. The quantitative estimate of drug-likeness (QED) is 0.441. The van der Waals surface area contributed by atoms with Crippen molar-refractivity contribution in [3.63, 3.8) is 0 Å². The molecular formula is C19H17N5O7S2. The summed E-state index contributed by atoms with van der Waals surface area (Å²) in [7, 11) is -4.54. The van der Waals surface area contributed by atoms with Crippen molar-refractivity contribution in [2.45, 2.75) is 17.2 Å². The molecule has 0 saturated carbocycles. The molecule has 1 aliphatic rings. The fraction of sp³-hybridized carbons (Fsp3) is 0.211. The summed E-state index contributed by atoms with van der Waals surface area (Å²) < 4.78 is 39.4. The summed E-state index contributed by atoms with van der Waals surface area (Å²) >= 11 is 4.37. The van der Waals surface area contributed by atoms with Crippen LogP contribution in [0.2, 0.25) is 0 Å². The molecule has 0 radical (unpaired) electrons. The third kappa shape index (κ3) is 3.87. The summed E-state index contributed by atoms with van der Waals surface area (Å²) in [6.07, 6.45) is 0. The number of aromatic nitrogens is 4. The van der Waals surface area contributed by atoms with Crippen LogP contribution >= 0.6 is 12.6 Å². The molecule has 172 valence electrons. The maximum Gasteiger partial charge on any atom is 0.341 e. The molecule has 33 heavy (non-hydrogen) atoms. The van der Waals surface area contributed by atoms with Crippen LogP contribution < -0.4 is 9.47 Å². The molecular weight excluding hydrogens is 474 g/mol. The van der Waals surface area contributed by atoms with Gasteiger partial charge in [-0.2, -0.15) is 4.68 Å². The van der Waals surface area contributed by atoms with E-state index in [0.29, 0.717) is 9.99 Å². The average molecular weight is 492 g/mol. The first-order valence-corrected chi connectivity index (χ1v) is 11.5. The van der Waals surface area contributed by atoms with Crippen LogP contribution in [0.15, 0.2) is 47.4 Å². The average Bonchev–Trinajstić information content (AvgIpc) is 3.35. The number of para-hydroxylation sites is 1. The summed E-state index contributed by atoms with van der Waals surface area (Å²) in [5.41, 5.74) is 0.246. The molecule has 0 bridgehead atoms. The molecule has 0 spiro atoms. The molecule has 0 aliphatic carbocycles. The second-order valence-corrected chi connectivity index (χ2v) is 8.89. The molecule has 4 rings (SSSR count). The van der Waals surface area contributed by atoms with E-state index >= 15 is 0 Å². The van der Waals surface area contributed by atoms with Crippen molar-refractivity contribution < 1.29 is 32.6 Å². The Morgan fingerprint density at radius 1 is 1.15 bits per heavy atom. The molecule has 12 nitrogen and oxygen atoms in total. The number of nitrogens with zero attached hydrogens (tertiary/aromatic N) is 5. The van der Waals surface area contributed by atoms with E-state index in [-0.39, 0.29) is 29.5 Å². The Balaban J connectivity index is 1.83. The zero-order chi connectivity index (χ0) is 23.8. The Labute approximate surface area is 193 Å². The normalized spacial score (nSPS) is 15.2. The minimum Gasteiger partial charge on any atom is -0.493 e. The number of amides is 1. The van der Waals surface area contributed by atoms with Crippen LogP contribution in [0, 0.1) is 0 Å². The third-order valence-corrected chi connectivity index (χ3v) is 7.05. The fourth-order valence-corrected chi connectivity index (χ4v) is 5.64. The van der Waals surface area contributed by atoms with Gasteiger partial charge in [-0.15, -0.1) is 17.7 Å². The number of sulfonamides is 1. The van der Waals surface area contributed by atoms with E-state index in [9.17, 15) is 18.0 Å². The van der Waals surface area contributed by atoms with Crippen LogP contribution in [0.25, 0.3) is 5.69 Å². The molecule has 14 heteroatoms.